The van der Waals surface area contributed by atoms with Crippen LogP contribution in [-0.4, -0.2) is 11.3 Å². The van der Waals surface area contributed by atoms with Crippen LogP contribution >= 0.6 is 32.2 Å². The number of halogens is 2. The van der Waals surface area contributed by atoms with Gasteiger partial charge in [0.1, 0.15) is 0 Å². The third-order valence-electron chi connectivity index (χ3n) is 2.35. The lowest BCUT2D eigenvalue weighted by Gasteiger charge is -2.00. The monoisotopic (exact) mass is 342 g/mol. The van der Waals surface area contributed by atoms with Crippen LogP contribution in [0.25, 0.3) is 0 Å². The summed E-state index contributed by atoms with van der Waals surface area (Å²) in [6.07, 6.45) is 10.5. The van der Waals surface area contributed by atoms with E-state index >= 15 is 0 Å². The molecule has 0 radical (unpaired) electrons. The Morgan fingerprint density at radius 2 is 1.33 bits per heavy atom. The van der Waals surface area contributed by atoms with Gasteiger partial charge in [-0.3, -0.25) is 4.79 Å². The van der Waals surface area contributed by atoms with Crippen molar-refractivity contribution in [2.75, 3.05) is 5.33 Å². The normalized spacial score (nSPS) is 10.3. The molecule has 0 aliphatic heterocycles. The maximum Gasteiger partial charge on any atom is 0.317 e. The summed E-state index contributed by atoms with van der Waals surface area (Å²) in [7, 11) is 0. The van der Waals surface area contributed by atoms with Crippen molar-refractivity contribution < 1.29 is 8.62 Å². The van der Waals surface area contributed by atoms with Gasteiger partial charge in [-0.25, -0.2) is 0 Å². The van der Waals surface area contributed by atoms with Crippen LogP contribution in [0.5, 0.6) is 0 Å². The van der Waals surface area contributed by atoms with Gasteiger partial charge in [0.05, 0.1) is 0 Å². The fraction of sp³-hybridized carbons (Fsp3) is 0.909. The van der Waals surface area contributed by atoms with E-state index in [2.05, 4.69) is 36.0 Å². The Labute approximate surface area is 110 Å². The Morgan fingerprint density at radius 1 is 0.867 bits per heavy atom. The molecule has 0 atom stereocenters. The van der Waals surface area contributed by atoms with Crippen molar-refractivity contribution in [2.45, 2.75) is 57.8 Å². The molecule has 0 saturated carbocycles. The van der Waals surface area contributed by atoms with Crippen LogP contribution in [0.2, 0.25) is 0 Å². The molecule has 0 spiro atoms. The number of unbranched alkanes of at least 4 members (excludes halogenated alkanes) is 7. The lowest BCUT2D eigenvalue weighted by Crippen LogP contribution is -1.95. The van der Waals surface area contributed by atoms with Crippen LogP contribution in [0.3, 0.4) is 0 Å². The van der Waals surface area contributed by atoms with Crippen LogP contribution in [0, 0.1) is 0 Å². The van der Waals surface area contributed by atoms with Gasteiger partial charge in [0.15, 0.2) is 16.3 Å². The molecule has 2 nitrogen and oxygen atoms in total. The molecule has 0 aromatic heterocycles. The van der Waals surface area contributed by atoms with E-state index in [-0.39, 0.29) is 5.97 Å². The molecule has 90 valence electrons. The smallest absolute Gasteiger partial charge is 0.317 e. The second kappa shape index (κ2) is 12.5. The predicted octanol–water partition coefficient (Wildman–Crippen LogP) is 4.75. The zero-order valence-corrected chi connectivity index (χ0v) is 12.3. The number of carbonyl (C=O) groups excluding carboxylic acids is 1. The zero-order chi connectivity index (χ0) is 11.4. The van der Waals surface area contributed by atoms with Gasteiger partial charge in [-0.2, -0.15) is 0 Å². The molecule has 0 aromatic carbocycles. The van der Waals surface area contributed by atoms with E-state index in [4.69, 9.17) is 0 Å². The van der Waals surface area contributed by atoms with Gasteiger partial charge in [-0.15, -0.1) is 0 Å². The number of hydrogen-bond donors (Lipinski definition) is 0. The van der Waals surface area contributed by atoms with E-state index in [0.29, 0.717) is 6.42 Å². The zero-order valence-electron chi connectivity index (χ0n) is 9.14. The molecule has 0 heterocycles. The van der Waals surface area contributed by atoms with Gasteiger partial charge in [-0.05, 0) is 12.8 Å². The summed E-state index contributed by atoms with van der Waals surface area (Å²) in [6, 6.07) is 0. The summed E-state index contributed by atoms with van der Waals surface area (Å²) in [4.78, 5) is 10.7. The summed E-state index contributed by atoms with van der Waals surface area (Å²) in [6.45, 7) is 0. The average Bonchev–Trinajstić information content (AvgIpc) is 2.26. The van der Waals surface area contributed by atoms with Crippen molar-refractivity contribution in [3.8, 4) is 0 Å². The first-order valence-electron chi connectivity index (χ1n) is 5.68. The molecule has 0 aliphatic rings. The minimum atomic E-state index is -0.160. The fourth-order valence-electron chi connectivity index (χ4n) is 1.46. The maximum atomic E-state index is 10.7. The van der Waals surface area contributed by atoms with Gasteiger partial charge >= 0.3 is 5.97 Å². The highest BCUT2D eigenvalue weighted by Gasteiger charge is 1.99. The SMILES string of the molecule is O=C(CCCCCCCCCCBr)OBr. The van der Waals surface area contributed by atoms with E-state index in [0.717, 1.165) is 18.2 Å². The molecule has 0 unspecified atom stereocenters. The standard InChI is InChI=1S/C11H20Br2O2/c12-10-8-6-4-2-1-3-5-7-9-11(14)15-13/h1-10H2. The van der Waals surface area contributed by atoms with Crippen molar-refractivity contribution in [3.05, 3.63) is 0 Å². The van der Waals surface area contributed by atoms with Crippen LogP contribution in [-0.2, 0) is 8.62 Å². The van der Waals surface area contributed by atoms with Gasteiger partial charge in [-0.1, -0.05) is 54.5 Å². The number of alkyl halides is 1. The van der Waals surface area contributed by atoms with Crippen LogP contribution in [0.1, 0.15) is 57.8 Å². The molecule has 0 amide bonds. The largest absolute Gasteiger partial charge is 0.384 e. The van der Waals surface area contributed by atoms with E-state index in [1.807, 2.05) is 0 Å². The third-order valence-corrected chi connectivity index (χ3v) is 3.27. The first kappa shape index (κ1) is 15.4. The second-order valence-electron chi connectivity index (χ2n) is 3.72. The summed E-state index contributed by atoms with van der Waals surface area (Å²) < 4.78 is 4.39. The fourth-order valence-corrected chi connectivity index (χ4v) is 2.02. The highest BCUT2D eigenvalue weighted by Crippen LogP contribution is 2.10. The predicted molar refractivity (Wildman–Crippen MR) is 70.4 cm³/mol. The molecular formula is C11H20Br2O2. The van der Waals surface area contributed by atoms with E-state index in [1.54, 1.807) is 0 Å². The van der Waals surface area contributed by atoms with Crippen LogP contribution in [0.4, 0.5) is 0 Å². The summed E-state index contributed by atoms with van der Waals surface area (Å²) in [5, 5.41) is 1.13. The molecule has 0 saturated heterocycles. The minimum absolute atomic E-state index is 0.160. The first-order chi connectivity index (χ1) is 7.31. The quantitative estimate of drug-likeness (QED) is 0.422. The first-order valence-corrected chi connectivity index (χ1v) is 7.45. The number of rotatable bonds is 10. The Hall–Kier alpha value is 0.430. The van der Waals surface area contributed by atoms with E-state index in [9.17, 15) is 4.79 Å². The maximum absolute atomic E-state index is 10.7. The summed E-state index contributed by atoms with van der Waals surface area (Å²) in [5.74, 6) is -0.160. The van der Waals surface area contributed by atoms with Gasteiger partial charge in [0.25, 0.3) is 0 Å². The molecule has 0 fully saturated rings. The summed E-state index contributed by atoms with van der Waals surface area (Å²) >= 11 is 6.10. The van der Waals surface area contributed by atoms with Crippen LogP contribution < -0.4 is 0 Å². The summed E-state index contributed by atoms with van der Waals surface area (Å²) in [5.41, 5.74) is 0. The molecular weight excluding hydrogens is 324 g/mol. The lowest BCUT2D eigenvalue weighted by molar-refractivity contribution is -0.132. The molecule has 15 heavy (non-hydrogen) atoms. The highest BCUT2D eigenvalue weighted by molar-refractivity contribution is 9.09. The van der Waals surface area contributed by atoms with Gasteiger partial charge < -0.3 is 3.83 Å². The van der Waals surface area contributed by atoms with Crippen molar-refractivity contribution in [3.63, 3.8) is 0 Å². The van der Waals surface area contributed by atoms with Crippen molar-refractivity contribution in [2.24, 2.45) is 0 Å². The topological polar surface area (TPSA) is 26.3 Å². The highest BCUT2D eigenvalue weighted by atomic mass is 79.9. The second-order valence-corrected chi connectivity index (χ2v) is 4.83. The Morgan fingerprint density at radius 3 is 1.80 bits per heavy atom. The molecule has 0 bridgehead atoms. The van der Waals surface area contributed by atoms with Crippen LogP contribution in [0.15, 0.2) is 0 Å². The average molecular weight is 344 g/mol. The lowest BCUT2D eigenvalue weighted by atomic mass is 10.1. The van der Waals surface area contributed by atoms with Gasteiger partial charge in [0.2, 0.25) is 0 Å². The molecule has 0 rings (SSSR count). The Bertz CT molecular complexity index is 152. The van der Waals surface area contributed by atoms with E-state index < -0.39 is 0 Å². The van der Waals surface area contributed by atoms with Crippen molar-refractivity contribution in [1.82, 2.24) is 0 Å². The van der Waals surface area contributed by atoms with Gasteiger partial charge in [0, 0.05) is 11.8 Å². The Balaban J connectivity index is 2.95. The third kappa shape index (κ3) is 12.4. The molecule has 0 N–H and O–H groups in total. The molecule has 4 heteroatoms. The number of hydrogen-bond acceptors (Lipinski definition) is 2. The number of carbonyl (C=O) groups is 1. The van der Waals surface area contributed by atoms with Crippen molar-refractivity contribution >= 4 is 38.2 Å². The van der Waals surface area contributed by atoms with Crippen molar-refractivity contribution in [1.29, 1.82) is 0 Å². The molecule has 0 aromatic rings. The minimum Gasteiger partial charge on any atom is -0.384 e. The molecule has 0 aliphatic carbocycles. The van der Waals surface area contributed by atoms with E-state index in [1.165, 1.54) is 38.5 Å². The Kier molecular flexibility index (Phi) is 12.9.